The second-order valence-corrected chi connectivity index (χ2v) is 6.63. The molecule has 0 unspecified atom stereocenters. The monoisotopic (exact) mass is 365 g/mol. The minimum atomic E-state index is -0.869. The number of benzene rings is 1. The molecule has 0 amide bonds. The van der Waals surface area contributed by atoms with E-state index in [1.54, 1.807) is 6.07 Å². The summed E-state index contributed by atoms with van der Waals surface area (Å²) in [6.45, 7) is 9.14. The number of nitrogens with zero attached hydrogens (tertiary/aromatic N) is 2. The Kier molecular flexibility index (Phi) is 5.92. The molecule has 1 saturated heterocycles. The summed E-state index contributed by atoms with van der Waals surface area (Å²) in [5, 5.41) is 9.40. The summed E-state index contributed by atoms with van der Waals surface area (Å²) < 4.78 is 0.822. The normalized spacial score (nSPS) is 16.5. The topological polar surface area (TPSA) is 43.8 Å². The summed E-state index contributed by atoms with van der Waals surface area (Å²) in [7, 11) is 2.15. The van der Waals surface area contributed by atoms with Gasteiger partial charge in [-0.25, -0.2) is 4.79 Å². The van der Waals surface area contributed by atoms with Crippen molar-refractivity contribution < 1.29 is 9.90 Å². The van der Waals surface area contributed by atoms with Crippen LogP contribution in [0.15, 0.2) is 16.6 Å². The van der Waals surface area contributed by atoms with Crippen LogP contribution < -0.4 is 4.90 Å². The fourth-order valence-corrected chi connectivity index (χ4v) is 3.71. The molecule has 0 atom stereocenters. The van der Waals surface area contributed by atoms with E-state index in [0.717, 1.165) is 48.2 Å². The lowest BCUT2D eigenvalue weighted by Gasteiger charge is -2.40. The van der Waals surface area contributed by atoms with E-state index < -0.39 is 5.97 Å². The van der Waals surface area contributed by atoms with Crippen molar-refractivity contribution in [3.05, 3.63) is 27.7 Å². The highest BCUT2D eigenvalue weighted by atomic mass is 79.9. The molecule has 1 radical (unpaired) electrons. The molecule has 1 aromatic rings. The van der Waals surface area contributed by atoms with Crippen LogP contribution in [0.3, 0.4) is 0 Å². The van der Waals surface area contributed by atoms with Gasteiger partial charge in [-0.2, -0.15) is 0 Å². The Balaban J connectivity index is 2.30. The van der Waals surface area contributed by atoms with Gasteiger partial charge < -0.3 is 14.8 Å². The number of halogens is 1. The van der Waals surface area contributed by atoms with E-state index in [1.165, 1.54) is 0 Å². The van der Waals surface area contributed by atoms with Crippen LogP contribution in [-0.2, 0) is 0 Å². The Morgan fingerprint density at radius 1 is 1.45 bits per heavy atom. The van der Waals surface area contributed by atoms with Crippen molar-refractivity contribution in [2.45, 2.75) is 39.6 Å². The van der Waals surface area contributed by atoms with Crippen molar-refractivity contribution in [2.24, 2.45) is 0 Å². The Hall–Kier alpha value is -1.01. The van der Waals surface area contributed by atoms with Crippen LogP contribution in [0.2, 0.25) is 6.82 Å². The lowest BCUT2D eigenvalue weighted by molar-refractivity contribution is 0.0696. The Morgan fingerprint density at radius 2 is 2.09 bits per heavy atom. The van der Waals surface area contributed by atoms with Crippen LogP contribution >= 0.6 is 15.9 Å². The smallest absolute Gasteiger partial charge is 0.336 e. The first-order valence-corrected chi connectivity index (χ1v) is 8.60. The van der Waals surface area contributed by atoms with E-state index >= 15 is 0 Å². The van der Waals surface area contributed by atoms with Crippen molar-refractivity contribution in [1.29, 1.82) is 0 Å². The molecule has 1 N–H and O–H groups in total. The number of piperidine rings is 1. The van der Waals surface area contributed by atoms with Gasteiger partial charge in [0.15, 0.2) is 0 Å². The minimum absolute atomic E-state index is 0.377. The molecule has 1 heterocycles. The van der Waals surface area contributed by atoms with Crippen molar-refractivity contribution in [2.75, 3.05) is 24.5 Å². The van der Waals surface area contributed by atoms with Crippen LogP contribution in [-0.4, -0.2) is 49.0 Å². The van der Waals surface area contributed by atoms with E-state index in [9.17, 15) is 9.90 Å². The molecule has 2 rings (SSSR count). The molecule has 22 heavy (non-hydrogen) atoms. The molecule has 1 fully saturated rings. The third-order valence-corrected chi connectivity index (χ3v) is 4.99. The Labute approximate surface area is 141 Å². The molecule has 4 nitrogen and oxygen atoms in total. The minimum Gasteiger partial charge on any atom is -0.478 e. The standard InChI is InChI=1S/C16H23BBrN2O2/c1-4-20(13-5-7-19(17-3)8-6-13)15-10-12(18)9-14(11(15)2)16(21)22/h9-10,13H,4-8H2,1-3H3,(H,21,22). The largest absolute Gasteiger partial charge is 0.478 e. The van der Waals surface area contributed by atoms with E-state index in [0.29, 0.717) is 11.6 Å². The van der Waals surface area contributed by atoms with Gasteiger partial charge in [-0.1, -0.05) is 22.8 Å². The van der Waals surface area contributed by atoms with E-state index in [4.69, 9.17) is 0 Å². The number of aromatic carboxylic acids is 1. The van der Waals surface area contributed by atoms with Crippen LogP contribution in [0.5, 0.6) is 0 Å². The first-order valence-electron chi connectivity index (χ1n) is 7.81. The lowest BCUT2D eigenvalue weighted by atomic mass is 9.90. The van der Waals surface area contributed by atoms with E-state index in [2.05, 4.69) is 46.8 Å². The number of anilines is 1. The van der Waals surface area contributed by atoms with Crippen LogP contribution in [0.1, 0.15) is 35.7 Å². The fraction of sp³-hybridized carbons (Fsp3) is 0.562. The Morgan fingerprint density at radius 3 is 2.59 bits per heavy atom. The predicted octanol–water partition coefficient (Wildman–Crippen LogP) is 3.41. The molecule has 0 saturated carbocycles. The summed E-state index contributed by atoms with van der Waals surface area (Å²) in [6.07, 6.45) is 2.21. The van der Waals surface area contributed by atoms with Gasteiger partial charge >= 0.3 is 5.97 Å². The summed E-state index contributed by atoms with van der Waals surface area (Å²) in [5.41, 5.74) is 2.26. The summed E-state index contributed by atoms with van der Waals surface area (Å²) in [4.78, 5) is 16.2. The highest BCUT2D eigenvalue weighted by molar-refractivity contribution is 9.10. The summed E-state index contributed by atoms with van der Waals surface area (Å²) in [5.74, 6) is -0.869. The zero-order chi connectivity index (χ0) is 16.3. The number of carboxylic acid groups (broad SMARTS) is 1. The van der Waals surface area contributed by atoms with Gasteiger partial charge in [-0.3, -0.25) is 0 Å². The molecule has 1 aromatic carbocycles. The molecular formula is C16H23BBrN2O2. The van der Waals surface area contributed by atoms with Gasteiger partial charge in [-0.15, -0.1) is 0 Å². The highest BCUT2D eigenvalue weighted by Gasteiger charge is 2.25. The quantitative estimate of drug-likeness (QED) is 0.812. The zero-order valence-electron chi connectivity index (χ0n) is 13.5. The van der Waals surface area contributed by atoms with Gasteiger partial charge in [0.1, 0.15) is 0 Å². The fourth-order valence-electron chi connectivity index (χ4n) is 3.27. The maximum absolute atomic E-state index is 11.4. The molecule has 0 aromatic heterocycles. The first kappa shape index (κ1) is 17.4. The molecule has 6 heteroatoms. The first-order chi connectivity index (χ1) is 10.5. The molecule has 1 aliphatic rings. The van der Waals surface area contributed by atoms with E-state index in [1.807, 2.05) is 13.0 Å². The maximum Gasteiger partial charge on any atom is 0.336 e. The molecular weight excluding hydrogens is 343 g/mol. The maximum atomic E-state index is 11.4. The molecule has 0 spiro atoms. The summed E-state index contributed by atoms with van der Waals surface area (Å²) in [6, 6.07) is 4.20. The average Bonchev–Trinajstić information content (AvgIpc) is 2.51. The average molecular weight is 366 g/mol. The summed E-state index contributed by atoms with van der Waals surface area (Å²) >= 11 is 3.45. The van der Waals surface area contributed by atoms with Gasteiger partial charge in [0.2, 0.25) is 7.41 Å². The van der Waals surface area contributed by atoms with Crippen LogP contribution in [0.4, 0.5) is 5.69 Å². The third-order valence-electron chi connectivity index (χ3n) is 4.53. The molecule has 1 aliphatic heterocycles. The zero-order valence-corrected chi connectivity index (χ0v) is 15.1. The second kappa shape index (κ2) is 7.51. The number of carbonyl (C=O) groups is 1. The van der Waals surface area contributed by atoms with Crippen molar-refractivity contribution in [1.82, 2.24) is 4.81 Å². The molecule has 119 valence electrons. The van der Waals surface area contributed by atoms with Crippen molar-refractivity contribution in [3.8, 4) is 0 Å². The molecule has 0 aliphatic carbocycles. The van der Waals surface area contributed by atoms with Crippen molar-refractivity contribution >= 4 is 35.0 Å². The van der Waals surface area contributed by atoms with Crippen LogP contribution in [0, 0.1) is 6.92 Å². The highest BCUT2D eigenvalue weighted by Crippen LogP contribution is 2.31. The van der Waals surface area contributed by atoms with Gasteiger partial charge in [0.25, 0.3) is 0 Å². The van der Waals surface area contributed by atoms with E-state index in [-0.39, 0.29) is 0 Å². The number of hydrogen-bond acceptors (Lipinski definition) is 3. The number of rotatable bonds is 5. The van der Waals surface area contributed by atoms with Gasteiger partial charge in [-0.05, 0) is 57.5 Å². The lowest BCUT2D eigenvalue weighted by Crippen LogP contribution is -2.46. The SMILES string of the molecule is C[B]N1CCC(N(CC)c2cc(Br)cc(C(=O)O)c2C)CC1. The van der Waals surface area contributed by atoms with Crippen molar-refractivity contribution in [3.63, 3.8) is 0 Å². The van der Waals surface area contributed by atoms with Crippen LogP contribution in [0.25, 0.3) is 0 Å². The predicted molar refractivity (Wildman–Crippen MR) is 95.1 cm³/mol. The number of hydrogen-bond donors (Lipinski definition) is 1. The number of carboxylic acids is 1. The third kappa shape index (κ3) is 3.66. The second-order valence-electron chi connectivity index (χ2n) is 5.71. The van der Waals surface area contributed by atoms with Gasteiger partial charge in [0.05, 0.1) is 5.56 Å². The Bertz CT molecular complexity index is 545. The van der Waals surface area contributed by atoms with Gasteiger partial charge in [0, 0.05) is 22.7 Å². The molecule has 0 bridgehead atoms.